The number of carbonyl (C=O) groups is 1. The summed E-state index contributed by atoms with van der Waals surface area (Å²) >= 11 is 0. The van der Waals surface area contributed by atoms with E-state index in [0.717, 1.165) is 17.7 Å². The predicted molar refractivity (Wildman–Crippen MR) is 82.6 cm³/mol. The molecule has 0 aliphatic heterocycles. The average molecular weight is 278 g/mol. The highest BCUT2D eigenvalue weighted by Crippen LogP contribution is 2.19. The Bertz CT molecular complexity index is 432. The number of aliphatic hydroxyl groups is 1. The van der Waals surface area contributed by atoms with Gasteiger partial charge in [-0.15, -0.1) is 0 Å². The number of hydrogen-bond donors (Lipinski definition) is 3. The van der Waals surface area contributed by atoms with E-state index in [-0.39, 0.29) is 24.6 Å². The van der Waals surface area contributed by atoms with Crippen LogP contribution in [0.2, 0.25) is 0 Å². The van der Waals surface area contributed by atoms with Gasteiger partial charge in [0.2, 0.25) is 5.91 Å². The minimum absolute atomic E-state index is 0.0733. The van der Waals surface area contributed by atoms with Gasteiger partial charge < -0.3 is 15.7 Å². The van der Waals surface area contributed by atoms with E-state index in [0.29, 0.717) is 5.92 Å². The summed E-state index contributed by atoms with van der Waals surface area (Å²) in [6.07, 6.45) is 0.937. The van der Waals surface area contributed by atoms with Gasteiger partial charge in [0.15, 0.2) is 0 Å². The number of aliphatic hydroxyl groups excluding tert-OH is 1. The van der Waals surface area contributed by atoms with Crippen LogP contribution in [0.4, 0.5) is 5.69 Å². The maximum absolute atomic E-state index is 11.1. The summed E-state index contributed by atoms with van der Waals surface area (Å²) in [6.45, 7) is 7.99. The molecule has 1 amide bonds. The summed E-state index contributed by atoms with van der Waals surface area (Å²) in [6, 6.07) is 7.99. The number of anilines is 1. The lowest BCUT2D eigenvalue weighted by molar-refractivity contribution is -0.114. The zero-order valence-electron chi connectivity index (χ0n) is 12.8. The molecule has 0 saturated carbocycles. The van der Waals surface area contributed by atoms with E-state index in [2.05, 4.69) is 31.4 Å². The fraction of sp³-hybridized carbons (Fsp3) is 0.562. The number of rotatable bonds is 7. The largest absolute Gasteiger partial charge is 0.395 e. The van der Waals surface area contributed by atoms with E-state index in [1.165, 1.54) is 6.92 Å². The van der Waals surface area contributed by atoms with Crippen LogP contribution in [0.15, 0.2) is 24.3 Å². The van der Waals surface area contributed by atoms with Gasteiger partial charge in [0, 0.05) is 24.7 Å². The van der Waals surface area contributed by atoms with Crippen molar-refractivity contribution in [2.24, 2.45) is 5.92 Å². The molecule has 4 nitrogen and oxygen atoms in total. The standard InChI is InChI=1S/C16H26N2O2/c1-11(2)8-16(10-19)17-12(3)14-6-5-7-15(9-14)18-13(4)20/h5-7,9,11-12,16-17,19H,8,10H2,1-4H3,(H,18,20). The van der Waals surface area contributed by atoms with Gasteiger partial charge in [0.1, 0.15) is 0 Å². The Labute approximate surface area is 121 Å². The lowest BCUT2D eigenvalue weighted by Crippen LogP contribution is -2.35. The topological polar surface area (TPSA) is 61.4 Å². The normalized spacial score (nSPS) is 14.1. The molecule has 0 heterocycles. The molecule has 1 aromatic rings. The first-order valence-electron chi connectivity index (χ1n) is 7.16. The number of carbonyl (C=O) groups excluding carboxylic acids is 1. The fourth-order valence-corrected chi connectivity index (χ4v) is 2.30. The third kappa shape index (κ3) is 5.72. The van der Waals surface area contributed by atoms with Crippen molar-refractivity contribution >= 4 is 11.6 Å². The molecular formula is C16H26N2O2. The molecule has 0 fully saturated rings. The van der Waals surface area contributed by atoms with Gasteiger partial charge in [-0.25, -0.2) is 0 Å². The van der Waals surface area contributed by atoms with Crippen molar-refractivity contribution in [1.82, 2.24) is 5.32 Å². The SMILES string of the molecule is CC(=O)Nc1cccc(C(C)NC(CO)CC(C)C)c1. The lowest BCUT2D eigenvalue weighted by Gasteiger charge is -2.23. The first kappa shape index (κ1) is 16.7. The van der Waals surface area contributed by atoms with Gasteiger partial charge in [-0.1, -0.05) is 26.0 Å². The van der Waals surface area contributed by atoms with Crippen LogP contribution in [0.25, 0.3) is 0 Å². The molecule has 112 valence electrons. The summed E-state index contributed by atoms with van der Waals surface area (Å²) in [5, 5.41) is 15.6. The smallest absolute Gasteiger partial charge is 0.221 e. The number of hydrogen-bond acceptors (Lipinski definition) is 3. The molecule has 0 aliphatic carbocycles. The second-order valence-corrected chi connectivity index (χ2v) is 5.70. The van der Waals surface area contributed by atoms with E-state index in [9.17, 15) is 9.90 Å². The van der Waals surface area contributed by atoms with E-state index >= 15 is 0 Å². The molecule has 0 bridgehead atoms. The molecule has 3 N–H and O–H groups in total. The van der Waals surface area contributed by atoms with E-state index in [4.69, 9.17) is 0 Å². The number of amides is 1. The Morgan fingerprint density at radius 3 is 2.55 bits per heavy atom. The zero-order valence-corrected chi connectivity index (χ0v) is 12.8. The Hall–Kier alpha value is -1.39. The monoisotopic (exact) mass is 278 g/mol. The number of benzene rings is 1. The van der Waals surface area contributed by atoms with Crippen LogP contribution in [0.1, 0.15) is 45.7 Å². The lowest BCUT2D eigenvalue weighted by atomic mass is 10.0. The minimum Gasteiger partial charge on any atom is -0.395 e. The van der Waals surface area contributed by atoms with Crippen LogP contribution in [-0.4, -0.2) is 23.7 Å². The minimum atomic E-state index is -0.0733. The van der Waals surface area contributed by atoms with Crippen LogP contribution >= 0.6 is 0 Å². The van der Waals surface area contributed by atoms with E-state index in [1.54, 1.807) is 0 Å². The van der Waals surface area contributed by atoms with Gasteiger partial charge in [0.25, 0.3) is 0 Å². The first-order valence-corrected chi connectivity index (χ1v) is 7.16. The fourth-order valence-electron chi connectivity index (χ4n) is 2.30. The molecule has 2 atom stereocenters. The molecule has 0 aliphatic rings. The summed E-state index contributed by atoms with van der Waals surface area (Å²) in [5.41, 5.74) is 1.89. The molecule has 4 heteroatoms. The highest BCUT2D eigenvalue weighted by Gasteiger charge is 2.14. The van der Waals surface area contributed by atoms with E-state index in [1.807, 2.05) is 24.3 Å². The Morgan fingerprint density at radius 2 is 2.00 bits per heavy atom. The van der Waals surface area contributed by atoms with Crippen molar-refractivity contribution in [2.45, 2.75) is 46.2 Å². The second-order valence-electron chi connectivity index (χ2n) is 5.70. The molecule has 20 heavy (non-hydrogen) atoms. The Balaban J connectivity index is 2.70. The highest BCUT2D eigenvalue weighted by molar-refractivity contribution is 5.88. The van der Waals surface area contributed by atoms with Crippen LogP contribution in [0.5, 0.6) is 0 Å². The second kappa shape index (κ2) is 8.02. The molecule has 0 radical (unpaired) electrons. The average Bonchev–Trinajstić information content (AvgIpc) is 2.36. The molecule has 1 rings (SSSR count). The van der Waals surface area contributed by atoms with Crippen molar-refractivity contribution < 1.29 is 9.90 Å². The third-order valence-corrected chi connectivity index (χ3v) is 3.17. The van der Waals surface area contributed by atoms with Gasteiger partial charge in [-0.2, -0.15) is 0 Å². The van der Waals surface area contributed by atoms with Crippen molar-refractivity contribution in [3.05, 3.63) is 29.8 Å². The summed E-state index contributed by atoms with van der Waals surface area (Å²) < 4.78 is 0. The Kier molecular flexibility index (Phi) is 6.68. The molecule has 0 aromatic heterocycles. The maximum Gasteiger partial charge on any atom is 0.221 e. The highest BCUT2D eigenvalue weighted by atomic mass is 16.3. The van der Waals surface area contributed by atoms with Crippen molar-refractivity contribution in [3.8, 4) is 0 Å². The van der Waals surface area contributed by atoms with Crippen molar-refractivity contribution in [3.63, 3.8) is 0 Å². The van der Waals surface area contributed by atoms with Gasteiger partial charge >= 0.3 is 0 Å². The van der Waals surface area contributed by atoms with Gasteiger partial charge in [0.05, 0.1) is 6.61 Å². The van der Waals surface area contributed by atoms with E-state index < -0.39 is 0 Å². The van der Waals surface area contributed by atoms with Gasteiger partial charge in [-0.3, -0.25) is 4.79 Å². The van der Waals surface area contributed by atoms with Crippen LogP contribution in [-0.2, 0) is 4.79 Å². The molecular weight excluding hydrogens is 252 g/mol. The molecule has 1 aromatic carbocycles. The van der Waals surface area contributed by atoms with Crippen molar-refractivity contribution in [2.75, 3.05) is 11.9 Å². The molecule has 2 unspecified atom stereocenters. The third-order valence-electron chi connectivity index (χ3n) is 3.17. The Morgan fingerprint density at radius 1 is 1.30 bits per heavy atom. The van der Waals surface area contributed by atoms with Crippen molar-refractivity contribution in [1.29, 1.82) is 0 Å². The molecule has 0 saturated heterocycles. The first-order chi connectivity index (χ1) is 9.42. The summed E-state index contributed by atoms with van der Waals surface area (Å²) in [4.78, 5) is 11.1. The quantitative estimate of drug-likeness (QED) is 0.718. The van der Waals surface area contributed by atoms with Crippen LogP contribution in [0, 0.1) is 5.92 Å². The predicted octanol–water partition coefficient (Wildman–Crippen LogP) is 2.70. The van der Waals surface area contributed by atoms with Gasteiger partial charge in [-0.05, 0) is 37.0 Å². The zero-order chi connectivity index (χ0) is 15.1. The van der Waals surface area contributed by atoms with Crippen LogP contribution in [0.3, 0.4) is 0 Å². The number of nitrogens with one attached hydrogen (secondary N) is 2. The molecule has 0 spiro atoms. The van der Waals surface area contributed by atoms with Crippen LogP contribution < -0.4 is 10.6 Å². The maximum atomic E-state index is 11.1. The summed E-state index contributed by atoms with van der Waals surface area (Å²) in [5.74, 6) is 0.466. The summed E-state index contributed by atoms with van der Waals surface area (Å²) in [7, 11) is 0.